The summed E-state index contributed by atoms with van der Waals surface area (Å²) in [5, 5.41) is 1.34. The van der Waals surface area contributed by atoms with E-state index in [0.717, 1.165) is 25.0 Å². The van der Waals surface area contributed by atoms with Crippen molar-refractivity contribution in [3.8, 4) is 5.75 Å². The first-order valence-corrected chi connectivity index (χ1v) is 6.69. The van der Waals surface area contributed by atoms with Crippen molar-refractivity contribution < 1.29 is 4.74 Å². The van der Waals surface area contributed by atoms with Crippen LogP contribution in [0.1, 0.15) is 24.6 Å². The van der Waals surface area contributed by atoms with Crippen LogP contribution in [0.4, 0.5) is 0 Å². The van der Waals surface area contributed by atoms with Gasteiger partial charge in [-0.3, -0.25) is 0 Å². The number of nitrogens with zero attached hydrogens (tertiary/aromatic N) is 1. The van der Waals surface area contributed by atoms with E-state index >= 15 is 0 Å². The number of hydrogen-bond donors (Lipinski definition) is 1. The fourth-order valence-corrected chi connectivity index (χ4v) is 3.03. The van der Waals surface area contributed by atoms with Gasteiger partial charge >= 0.3 is 0 Å². The molecule has 0 bridgehead atoms. The molecule has 1 aliphatic rings. The second-order valence-corrected chi connectivity index (χ2v) is 5.10. The lowest BCUT2D eigenvalue weighted by Gasteiger charge is -2.19. The molecule has 0 saturated heterocycles. The zero-order valence-corrected chi connectivity index (χ0v) is 11.1. The largest absolute Gasteiger partial charge is 0.494 e. The van der Waals surface area contributed by atoms with Crippen LogP contribution >= 0.6 is 0 Å². The molecule has 2 aromatic rings. The molecule has 3 heteroatoms. The summed E-state index contributed by atoms with van der Waals surface area (Å²) in [5.74, 6) is 0.966. The van der Waals surface area contributed by atoms with Gasteiger partial charge in [0.05, 0.1) is 6.61 Å². The molecule has 0 radical (unpaired) electrons. The summed E-state index contributed by atoms with van der Waals surface area (Å²) < 4.78 is 7.89. The number of aryl methyl sites for hydroxylation is 2. The summed E-state index contributed by atoms with van der Waals surface area (Å²) in [6.45, 7) is 2.73. The SMILES string of the molecule is CCOc1ccc2c(c1)c1c(n2C)CC(N)CC1. The maximum absolute atomic E-state index is 6.08. The number of ether oxygens (including phenoxy) is 1. The Balaban J connectivity index is 2.17. The maximum atomic E-state index is 6.08. The molecule has 3 rings (SSSR count). The minimum atomic E-state index is 0.312. The molecular formula is C15H20N2O. The molecule has 1 unspecified atom stereocenters. The molecular weight excluding hydrogens is 224 g/mol. The molecule has 0 spiro atoms. The molecule has 2 N–H and O–H groups in total. The van der Waals surface area contributed by atoms with Gasteiger partial charge in [0.2, 0.25) is 0 Å². The van der Waals surface area contributed by atoms with Gasteiger partial charge in [-0.15, -0.1) is 0 Å². The van der Waals surface area contributed by atoms with Gasteiger partial charge in [-0.25, -0.2) is 0 Å². The first-order valence-electron chi connectivity index (χ1n) is 6.69. The summed E-state index contributed by atoms with van der Waals surface area (Å²) in [7, 11) is 2.14. The fraction of sp³-hybridized carbons (Fsp3) is 0.467. The van der Waals surface area contributed by atoms with Gasteiger partial charge in [0.15, 0.2) is 0 Å². The molecule has 18 heavy (non-hydrogen) atoms. The van der Waals surface area contributed by atoms with Crippen molar-refractivity contribution in [3.63, 3.8) is 0 Å². The molecule has 96 valence electrons. The van der Waals surface area contributed by atoms with Crippen LogP contribution < -0.4 is 10.5 Å². The Hall–Kier alpha value is -1.48. The molecule has 1 aliphatic carbocycles. The normalized spacial score (nSPS) is 18.9. The van der Waals surface area contributed by atoms with Crippen LogP contribution in [-0.4, -0.2) is 17.2 Å². The summed E-state index contributed by atoms with van der Waals surface area (Å²) >= 11 is 0. The Kier molecular flexibility index (Phi) is 2.78. The number of aromatic nitrogens is 1. The number of hydrogen-bond acceptors (Lipinski definition) is 2. The standard InChI is InChI=1S/C15H20N2O/c1-3-18-11-5-7-14-13(9-11)12-6-4-10(16)8-15(12)17(14)2/h5,7,9-10H,3-4,6,8,16H2,1-2H3. The van der Waals surface area contributed by atoms with Crippen molar-refractivity contribution in [2.45, 2.75) is 32.2 Å². The molecule has 1 aromatic heterocycles. The lowest BCUT2D eigenvalue weighted by Crippen LogP contribution is -2.28. The van der Waals surface area contributed by atoms with Crippen LogP contribution in [0.25, 0.3) is 10.9 Å². The van der Waals surface area contributed by atoms with Crippen molar-refractivity contribution in [3.05, 3.63) is 29.5 Å². The van der Waals surface area contributed by atoms with Crippen molar-refractivity contribution in [2.24, 2.45) is 12.8 Å². The highest BCUT2D eigenvalue weighted by atomic mass is 16.5. The van der Waals surface area contributed by atoms with Gasteiger partial charge in [0.25, 0.3) is 0 Å². The van der Waals surface area contributed by atoms with E-state index in [1.54, 1.807) is 0 Å². The van der Waals surface area contributed by atoms with Gasteiger partial charge < -0.3 is 15.0 Å². The molecule has 3 nitrogen and oxygen atoms in total. The molecule has 0 saturated carbocycles. The maximum Gasteiger partial charge on any atom is 0.120 e. The zero-order chi connectivity index (χ0) is 12.7. The molecule has 0 aliphatic heterocycles. The average Bonchev–Trinajstić information content (AvgIpc) is 2.63. The molecule has 1 heterocycles. The van der Waals surface area contributed by atoms with Crippen LogP contribution in [0.5, 0.6) is 5.75 Å². The third-order valence-electron chi connectivity index (χ3n) is 3.94. The first kappa shape index (κ1) is 11.6. The number of rotatable bonds is 2. The Bertz CT molecular complexity index is 586. The van der Waals surface area contributed by atoms with E-state index in [9.17, 15) is 0 Å². The Morgan fingerprint density at radius 2 is 2.28 bits per heavy atom. The van der Waals surface area contributed by atoms with Crippen molar-refractivity contribution in [2.75, 3.05) is 6.61 Å². The average molecular weight is 244 g/mol. The summed E-state index contributed by atoms with van der Waals surface area (Å²) in [5.41, 5.74) is 10.2. The molecule has 0 fully saturated rings. The minimum Gasteiger partial charge on any atom is -0.494 e. The monoisotopic (exact) mass is 244 g/mol. The highest BCUT2D eigenvalue weighted by molar-refractivity contribution is 5.87. The van der Waals surface area contributed by atoms with Gasteiger partial charge in [-0.1, -0.05) is 0 Å². The molecule has 1 aromatic carbocycles. The third-order valence-corrected chi connectivity index (χ3v) is 3.94. The van der Waals surface area contributed by atoms with Crippen molar-refractivity contribution in [1.82, 2.24) is 4.57 Å². The lowest BCUT2D eigenvalue weighted by molar-refractivity contribution is 0.340. The van der Waals surface area contributed by atoms with Crippen molar-refractivity contribution in [1.29, 1.82) is 0 Å². The van der Waals surface area contributed by atoms with Crippen LogP contribution in [0.15, 0.2) is 18.2 Å². The Morgan fingerprint density at radius 1 is 1.44 bits per heavy atom. The van der Waals surface area contributed by atoms with Crippen LogP contribution in [0, 0.1) is 0 Å². The fourth-order valence-electron chi connectivity index (χ4n) is 3.03. The molecule has 0 amide bonds. The van der Waals surface area contributed by atoms with Crippen LogP contribution in [0.2, 0.25) is 0 Å². The number of nitrogens with two attached hydrogens (primary N) is 1. The minimum absolute atomic E-state index is 0.312. The van der Waals surface area contributed by atoms with E-state index in [1.807, 2.05) is 6.92 Å². The van der Waals surface area contributed by atoms with E-state index in [2.05, 4.69) is 29.8 Å². The van der Waals surface area contributed by atoms with Crippen molar-refractivity contribution >= 4 is 10.9 Å². The summed E-state index contributed by atoms with van der Waals surface area (Å²) in [4.78, 5) is 0. The van der Waals surface area contributed by atoms with E-state index in [4.69, 9.17) is 10.5 Å². The predicted octanol–water partition coefficient (Wildman–Crippen LogP) is 2.39. The molecule has 1 atom stereocenters. The quantitative estimate of drug-likeness (QED) is 0.881. The van der Waals surface area contributed by atoms with Gasteiger partial charge in [0.1, 0.15) is 5.75 Å². The van der Waals surface area contributed by atoms with Crippen LogP contribution in [0.3, 0.4) is 0 Å². The Morgan fingerprint density at radius 3 is 3.06 bits per heavy atom. The second-order valence-electron chi connectivity index (χ2n) is 5.10. The first-order chi connectivity index (χ1) is 8.70. The highest BCUT2D eigenvalue weighted by Crippen LogP contribution is 2.33. The van der Waals surface area contributed by atoms with E-state index < -0.39 is 0 Å². The third kappa shape index (κ3) is 1.70. The van der Waals surface area contributed by atoms with Crippen LogP contribution in [-0.2, 0) is 19.9 Å². The predicted molar refractivity (Wildman–Crippen MR) is 74.1 cm³/mol. The van der Waals surface area contributed by atoms with Gasteiger partial charge in [-0.05, 0) is 43.5 Å². The van der Waals surface area contributed by atoms with Gasteiger partial charge in [0, 0.05) is 36.1 Å². The number of benzene rings is 1. The highest BCUT2D eigenvalue weighted by Gasteiger charge is 2.22. The topological polar surface area (TPSA) is 40.2 Å². The van der Waals surface area contributed by atoms with E-state index in [-0.39, 0.29) is 0 Å². The van der Waals surface area contributed by atoms with E-state index in [0.29, 0.717) is 12.6 Å². The van der Waals surface area contributed by atoms with Gasteiger partial charge in [-0.2, -0.15) is 0 Å². The number of fused-ring (bicyclic) bond motifs is 3. The smallest absolute Gasteiger partial charge is 0.120 e. The zero-order valence-electron chi connectivity index (χ0n) is 11.1. The summed E-state index contributed by atoms with van der Waals surface area (Å²) in [6.07, 6.45) is 3.17. The lowest BCUT2D eigenvalue weighted by atomic mass is 9.92. The summed E-state index contributed by atoms with van der Waals surface area (Å²) in [6, 6.07) is 6.70. The Labute approximate surface area is 108 Å². The van der Waals surface area contributed by atoms with E-state index in [1.165, 1.54) is 22.2 Å². The second kappa shape index (κ2) is 4.32.